The van der Waals surface area contributed by atoms with Gasteiger partial charge in [-0.3, -0.25) is 19.9 Å². The monoisotopic (exact) mass is 1740 g/mol. The molecule has 0 unspecified atom stereocenters. The molecule has 12 N–H and O–H groups in total. The van der Waals surface area contributed by atoms with Crippen molar-refractivity contribution >= 4 is 91.4 Å². The first-order valence-corrected chi connectivity index (χ1v) is 42.2. The van der Waals surface area contributed by atoms with Gasteiger partial charge < -0.3 is 63.8 Å². The first kappa shape index (κ1) is 85.8. The molecule has 656 valence electrons. The van der Waals surface area contributed by atoms with Crippen LogP contribution in [0, 0.1) is 46.5 Å². The fourth-order valence-electron chi connectivity index (χ4n) is 16.8. The molecule has 0 aliphatic carbocycles. The highest BCUT2D eigenvalue weighted by Crippen LogP contribution is 2.40. The molecule has 4 aromatic carbocycles. The molecule has 4 aliphatic rings. The van der Waals surface area contributed by atoms with Crippen LogP contribution in [0.4, 0.5) is 104 Å². The Labute approximate surface area is 730 Å². The van der Waals surface area contributed by atoms with Gasteiger partial charge in [0.25, 0.3) is 0 Å². The molecule has 12 aromatic heterocycles. The number of imidazole rings is 4. The lowest BCUT2D eigenvalue weighted by atomic mass is 9.97. The Morgan fingerprint density at radius 3 is 0.680 bits per heavy atom. The predicted molar refractivity (Wildman–Crippen MR) is 480 cm³/mol. The first-order valence-electron chi connectivity index (χ1n) is 42.2. The molecule has 0 radical (unpaired) electrons. The third kappa shape index (κ3) is 17.7. The second-order valence-electron chi connectivity index (χ2n) is 32.0. The number of rotatable bonds is 16. The van der Waals surface area contributed by atoms with Crippen LogP contribution in [0.25, 0.3) is 67.1 Å². The number of aromatic nitrogens is 16. The minimum absolute atomic E-state index is 0.0944. The lowest BCUT2D eigenvalue weighted by Gasteiger charge is -2.40. The van der Waals surface area contributed by atoms with Crippen molar-refractivity contribution in [3.05, 3.63) is 266 Å². The molecule has 128 heavy (non-hydrogen) atoms. The SMILES string of the molecule is C[C@@H]1[C@@H](N)CCCN1c1ccncc1Nc1ncc2ccc(-c3c(F)cccc3F)nn12.C[C@@H]1[C@H](N)CCCN1c1ccncc1Nc1ncc2ccc(-c3c(F)cccc3F)nn12.C[C@H]1[C@@H](N)CCCN1c1ccncc1Nc1ncc2ccc(-c3c(F)cccc3F)nn12.C[C@H]1[C@H](N)CCCN1c1ccncc1Nc1ncc2ccc(-c3c(F)cccc3F)nn12. The minimum Gasteiger partial charge on any atom is -0.365 e. The third-order valence-corrected chi connectivity index (χ3v) is 24.0. The third-order valence-electron chi connectivity index (χ3n) is 24.0. The molecular weight excluding hydrogens is 1650 g/mol. The quantitative estimate of drug-likeness (QED) is 0.0417. The Morgan fingerprint density at radius 2 is 0.477 bits per heavy atom. The minimum atomic E-state index is -0.670. The molecule has 8 atom stereocenters. The molecule has 0 spiro atoms. The average Bonchev–Trinajstić information content (AvgIpc) is 1.64. The number of pyridine rings is 4. The second-order valence-corrected chi connectivity index (χ2v) is 32.0. The Kier molecular flexibility index (Phi) is 25.1. The molecule has 0 bridgehead atoms. The van der Waals surface area contributed by atoms with Crippen LogP contribution >= 0.6 is 0 Å². The van der Waals surface area contributed by atoms with Gasteiger partial charge in [-0.2, -0.15) is 38.5 Å². The smallest absolute Gasteiger partial charge is 0.229 e. The summed E-state index contributed by atoms with van der Waals surface area (Å²) >= 11 is 0. The zero-order valence-electron chi connectivity index (χ0n) is 70.2. The highest BCUT2D eigenvalue weighted by atomic mass is 19.2. The van der Waals surface area contributed by atoms with Crippen molar-refractivity contribution in [3.63, 3.8) is 0 Å². The summed E-state index contributed by atoms with van der Waals surface area (Å²) in [5.41, 5.74) is 34.8. The lowest BCUT2D eigenvalue weighted by molar-refractivity contribution is 0.421. The molecule has 36 heteroatoms. The van der Waals surface area contributed by atoms with E-state index < -0.39 is 46.5 Å². The molecular formula is C92H92F8N28. The van der Waals surface area contributed by atoms with Crippen molar-refractivity contribution < 1.29 is 35.1 Å². The van der Waals surface area contributed by atoms with E-state index in [1.54, 1.807) is 123 Å². The summed E-state index contributed by atoms with van der Waals surface area (Å²) in [6, 6.07) is 37.1. The second kappa shape index (κ2) is 37.4. The number of piperidine rings is 4. The number of anilines is 12. The van der Waals surface area contributed by atoms with Crippen molar-refractivity contribution in [1.82, 2.24) is 78.3 Å². The predicted octanol–water partition coefficient (Wildman–Crippen LogP) is 16.5. The number of nitrogens with two attached hydrogens (primary N) is 4. The van der Waals surface area contributed by atoms with E-state index >= 15 is 0 Å². The van der Waals surface area contributed by atoms with Crippen LogP contribution in [-0.4, -0.2) is 153 Å². The van der Waals surface area contributed by atoms with Crippen LogP contribution in [-0.2, 0) is 0 Å². The van der Waals surface area contributed by atoms with Crippen LogP contribution in [0.2, 0.25) is 0 Å². The molecule has 4 saturated heterocycles. The van der Waals surface area contributed by atoms with Gasteiger partial charge in [0.05, 0.1) is 162 Å². The topological polar surface area (TPSA) is 337 Å². The lowest BCUT2D eigenvalue weighted by Crippen LogP contribution is -2.50. The van der Waals surface area contributed by atoms with E-state index in [9.17, 15) is 35.1 Å². The highest BCUT2D eigenvalue weighted by molar-refractivity contribution is 5.79. The Morgan fingerprint density at radius 1 is 0.273 bits per heavy atom. The largest absolute Gasteiger partial charge is 0.365 e. The van der Waals surface area contributed by atoms with Gasteiger partial charge in [-0.05, 0) is 200 Å². The molecule has 20 rings (SSSR count). The molecule has 16 aromatic rings. The number of fused-ring (bicyclic) bond motifs is 4. The number of hydrogen-bond donors (Lipinski definition) is 8. The van der Waals surface area contributed by atoms with Crippen LogP contribution in [0.15, 0.2) is 220 Å². The van der Waals surface area contributed by atoms with Gasteiger partial charge in [-0.25, -0.2) is 55.1 Å². The van der Waals surface area contributed by atoms with Gasteiger partial charge >= 0.3 is 0 Å². The number of nitrogens with one attached hydrogen (secondary N) is 4. The summed E-state index contributed by atoms with van der Waals surface area (Å²) in [6.45, 7) is 12.1. The van der Waals surface area contributed by atoms with Gasteiger partial charge in [0, 0.05) is 99.3 Å². The van der Waals surface area contributed by atoms with Crippen molar-refractivity contribution in [2.45, 2.75) is 127 Å². The van der Waals surface area contributed by atoms with Crippen molar-refractivity contribution in [3.8, 4) is 45.0 Å². The van der Waals surface area contributed by atoms with E-state index in [0.29, 0.717) is 45.9 Å². The number of benzene rings is 4. The van der Waals surface area contributed by atoms with Gasteiger partial charge in [0.2, 0.25) is 23.8 Å². The van der Waals surface area contributed by atoms with E-state index in [1.807, 2.05) is 24.3 Å². The normalized spacial score (nSPS) is 18.8. The Balaban J connectivity index is 0.000000120. The maximum atomic E-state index is 14.3. The number of nitrogens with zero attached hydrogens (tertiary/aromatic N) is 20. The molecule has 16 heterocycles. The van der Waals surface area contributed by atoms with Crippen LogP contribution in [0.3, 0.4) is 0 Å². The number of halogens is 8. The van der Waals surface area contributed by atoms with Gasteiger partial charge in [0.15, 0.2) is 0 Å². The molecule has 0 saturated carbocycles. The first-order chi connectivity index (χ1) is 62.1. The van der Waals surface area contributed by atoms with Crippen molar-refractivity contribution in [2.75, 3.05) is 67.0 Å². The van der Waals surface area contributed by atoms with Crippen LogP contribution < -0.4 is 63.8 Å². The van der Waals surface area contributed by atoms with E-state index in [4.69, 9.17) is 22.9 Å². The zero-order valence-corrected chi connectivity index (χ0v) is 70.2. The summed E-state index contributed by atoms with van der Waals surface area (Å²) in [6.07, 6.45) is 28.5. The van der Waals surface area contributed by atoms with E-state index in [2.05, 4.69) is 129 Å². The number of hydrogen-bond acceptors (Lipinski definition) is 24. The van der Waals surface area contributed by atoms with E-state index in [1.165, 1.54) is 90.9 Å². The summed E-state index contributed by atoms with van der Waals surface area (Å²) in [7, 11) is 0. The van der Waals surface area contributed by atoms with Crippen molar-refractivity contribution in [1.29, 1.82) is 0 Å². The maximum Gasteiger partial charge on any atom is 0.229 e. The summed E-state index contributed by atoms with van der Waals surface area (Å²) in [5, 5.41) is 31.0. The fraction of sp³-hybridized carbons (Fsp3) is 0.261. The Bertz CT molecular complexity index is 5800. The summed E-state index contributed by atoms with van der Waals surface area (Å²) in [4.78, 5) is 43.8. The summed E-state index contributed by atoms with van der Waals surface area (Å²) in [5.74, 6) is -3.69. The van der Waals surface area contributed by atoms with Gasteiger partial charge in [0.1, 0.15) is 46.5 Å². The average molecular weight is 1740 g/mol. The zero-order chi connectivity index (χ0) is 89.0. The maximum absolute atomic E-state index is 14.3. The molecule has 28 nitrogen and oxygen atoms in total. The Hall–Kier alpha value is -14.4. The van der Waals surface area contributed by atoms with Crippen LogP contribution in [0.1, 0.15) is 79.1 Å². The standard InChI is InChI=1S/4C23H23F2N7/c4*1-14-18(26)6-3-11-31(14)21-9-10-27-13-20(21)29-23-28-12-15-7-8-19(30-32(15)23)22-16(24)4-2-5-17(22)25/h4*2,4-5,7-10,12-14,18H,3,6,11,26H2,1H3,(H,28,29)/t2*14-,18+;2*14-,18-/m1010/s1. The van der Waals surface area contributed by atoms with E-state index in [-0.39, 0.29) is 93.4 Å². The molecule has 0 amide bonds. The van der Waals surface area contributed by atoms with E-state index in [0.717, 1.165) is 123 Å². The van der Waals surface area contributed by atoms with Crippen molar-refractivity contribution in [2.24, 2.45) is 22.9 Å². The fourth-order valence-corrected chi connectivity index (χ4v) is 16.8. The van der Waals surface area contributed by atoms with Gasteiger partial charge in [-0.15, -0.1) is 0 Å². The summed E-state index contributed by atoms with van der Waals surface area (Å²) < 4.78 is 120. The molecule has 4 aliphatic heterocycles. The molecule has 4 fully saturated rings. The van der Waals surface area contributed by atoms with Crippen LogP contribution in [0.5, 0.6) is 0 Å². The van der Waals surface area contributed by atoms with Gasteiger partial charge in [-0.1, -0.05) is 24.3 Å². The highest BCUT2D eigenvalue weighted by Gasteiger charge is 2.33.